The topological polar surface area (TPSA) is 40.1 Å². The molecule has 0 aliphatic carbocycles. The molecule has 0 saturated heterocycles. The molecular weight excluding hydrogens is 176 g/mol. The number of alkyl halides is 1. The Morgan fingerprint density at radius 2 is 1.92 bits per heavy atom. The van der Waals surface area contributed by atoms with E-state index in [9.17, 15) is 9.90 Å². The second-order valence-corrected chi connectivity index (χ2v) is 2.80. The largest absolute Gasteiger partial charge is 0.545 e. The molecule has 0 heterocycles. The Hall–Kier alpha value is -1.02. The molecule has 1 rings (SSSR count). The van der Waals surface area contributed by atoms with E-state index in [2.05, 4.69) is 0 Å². The predicted molar refractivity (Wildman–Crippen MR) is 45.2 cm³/mol. The monoisotopic (exact) mass is 183 g/mol. The quantitative estimate of drug-likeness (QED) is 0.652. The van der Waals surface area contributed by atoms with Gasteiger partial charge in [-0.15, -0.1) is 11.6 Å². The van der Waals surface area contributed by atoms with Gasteiger partial charge in [0.1, 0.15) is 0 Å². The molecule has 0 spiro atoms. The fraction of sp³-hybridized carbons (Fsp3) is 0.222. The molecule has 1 aromatic carbocycles. The molecule has 0 aliphatic heterocycles. The summed E-state index contributed by atoms with van der Waals surface area (Å²) in [5.41, 5.74) is 1.24. The Morgan fingerprint density at radius 3 is 2.33 bits per heavy atom. The van der Waals surface area contributed by atoms with Crippen LogP contribution in [0.15, 0.2) is 24.3 Å². The van der Waals surface area contributed by atoms with Crippen LogP contribution in [0.2, 0.25) is 0 Å². The smallest absolute Gasteiger partial charge is 0.0715 e. The van der Waals surface area contributed by atoms with Crippen molar-refractivity contribution in [1.82, 2.24) is 0 Å². The van der Waals surface area contributed by atoms with Gasteiger partial charge in [0.15, 0.2) is 0 Å². The van der Waals surface area contributed by atoms with E-state index in [1.54, 1.807) is 12.1 Å². The first-order chi connectivity index (χ1) is 5.74. The molecule has 0 aliphatic rings. The zero-order valence-electron chi connectivity index (χ0n) is 6.42. The van der Waals surface area contributed by atoms with Crippen molar-refractivity contribution in [2.24, 2.45) is 0 Å². The van der Waals surface area contributed by atoms with Crippen LogP contribution in [0.5, 0.6) is 0 Å². The van der Waals surface area contributed by atoms with Crippen LogP contribution < -0.4 is 5.11 Å². The number of benzene rings is 1. The van der Waals surface area contributed by atoms with Crippen LogP contribution in [-0.4, -0.2) is 11.8 Å². The van der Waals surface area contributed by atoms with Gasteiger partial charge in [0.05, 0.1) is 5.97 Å². The lowest BCUT2D eigenvalue weighted by Crippen LogP contribution is -2.21. The second-order valence-electron chi connectivity index (χ2n) is 2.42. The van der Waals surface area contributed by atoms with Crippen LogP contribution in [0.1, 0.15) is 15.9 Å². The third kappa shape index (κ3) is 2.24. The van der Waals surface area contributed by atoms with Gasteiger partial charge in [0.2, 0.25) is 0 Å². The van der Waals surface area contributed by atoms with Crippen molar-refractivity contribution in [3.05, 3.63) is 35.4 Å². The van der Waals surface area contributed by atoms with Gasteiger partial charge in [-0.3, -0.25) is 0 Å². The molecule has 3 heteroatoms. The molecule has 12 heavy (non-hydrogen) atoms. The van der Waals surface area contributed by atoms with Gasteiger partial charge >= 0.3 is 0 Å². The van der Waals surface area contributed by atoms with E-state index in [-0.39, 0.29) is 5.56 Å². The number of carboxylic acid groups (broad SMARTS) is 1. The minimum absolute atomic E-state index is 0.202. The van der Waals surface area contributed by atoms with Crippen molar-refractivity contribution in [3.8, 4) is 0 Å². The third-order valence-corrected chi connectivity index (χ3v) is 1.76. The molecule has 1 aromatic rings. The fourth-order valence-corrected chi connectivity index (χ4v) is 1.13. The third-order valence-electron chi connectivity index (χ3n) is 1.57. The van der Waals surface area contributed by atoms with Crippen molar-refractivity contribution in [2.75, 3.05) is 5.88 Å². The number of carbonyl (C=O) groups excluding carboxylic acids is 1. The van der Waals surface area contributed by atoms with E-state index in [1.807, 2.05) is 0 Å². The maximum Gasteiger partial charge on any atom is 0.0715 e. The number of aryl methyl sites for hydroxylation is 1. The number of aromatic carboxylic acids is 1. The highest BCUT2D eigenvalue weighted by molar-refractivity contribution is 6.17. The van der Waals surface area contributed by atoms with Crippen LogP contribution in [-0.2, 0) is 6.42 Å². The average molecular weight is 184 g/mol. The van der Waals surface area contributed by atoms with E-state index >= 15 is 0 Å². The molecule has 2 nitrogen and oxygen atoms in total. The molecule has 64 valence electrons. The summed E-state index contributed by atoms with van der Waals surface area (Å²) < 4.78 is 0. The van der Waals surface area contributed by atoms with E-state index in [1.165, 1.54) is 12.1 Å². The lowest BCUT2D eigenvalue weighted by molar-refractivity contribution is -0.255. The molecule has 0 unspecified atom stereocenters. The summed E-state index contributed by atoms with van der Waals surface area (Å²) in [6, 6.07) is 6.54. The Morgan fingerprint density at radius 1 is 1.33 bits per heavy atom. The molecular formula is C9H8ClO2-. The lowest BCUT2D eigenvalue weighted by atomic mass is 10.1. The van der Waals surface area contributed by atoms with Crippen molar-refractivity contribution in [2.45, 2.75) is 6.42 Å². The van der Waals surface area contributed by atoms with E-state index in [0.29, 0.717) is 5.88 Å². The van der Waals surface area contributed by atoms with Crippen molar-refractivity contribution in [1.29, 1.82) is 0 Å². The highest BCUT2D eigenvalue weighted by atomic mass is 35.5. The van der Waals surface area contributed by atoms with Gasteiger partial charge in [-0.25, -0.2) is 0 Å². The Kier molecular flexibility index (Phi) is 3.11. The van der Waals surface area contributed by atoms with Gasteiger partial charge in [-0.1, -0.05) is 24.3 Å². The zero-order valence-corrected chi connectivity index (χ0v) is 7.17. The summed E-state index contributed by atoms with van der Waals surface area (Å²) in [6.45, 7) is 0. The second kappa shape index (κ2) is 4.12. The number of hydrogen-bond donors (Lipinski definition) is 0. The van der Waals surface area contributed by atoms with Crippen LogP contribution in [0.3, 0.4) is 0 Å². The molecule has 0 atom stereocenters. The molecule has 0 amide bonds. The number of carboxylic acids is 1. The van der Waals surface area contributed by atoms with E-state index in [4.69, 9.17) is 11.6 Å². The average Bonchev–Trinajstić information content (AvgIpc) is 2.06. The number of carbonyl (C=O) groups is 1. The van der Waals surface area contributed by atoms with Crippen molar-refractivity contribution < 1.29 is 9.90 Å². The maximum atomic E-state index is 10.3. The van der Waals surface area contributed by atoms with Crippen molar-refractivity contribution in [3.63, 3.8) is 0 Å². The number of rotatable bonds is 3. The van der Waals surface area contributed by atoms with Gasteiger partial charge in [0.25, 0.3) is 0 Å². The van der Waals surface area contributed by atoms with Crippen LogP contribution >= 0.6 is 11.6 Å². The van der Waals surface area contributed by atoms with Gasteiger partial charge < -0.3 is 9.90 Å². The molecule has 0 N–H and O–H groups in total. The molecule has 0 radical (unpaired) electrons. The summed E-state index contributed by atoms with van der Waals surface area (Å²) >= 11 is 5.51. The Labute approximate surface area is 75.8 Å². The summed E-state index contributed by atoms with van der Waals surface area (Å²) in [5, 5.41) is 10.3. The van der Waals surface area contributed by atoms with Crippen LogP contribution in [0, 0.1) is 0 Å². The normalized spacial score (nSPS) is 9.75. The molecule has 0 saturated carbocycles. The van der Waals surface area contributed by atoms with Gasteiger partial charge in [-0.05, 0) is 17.5 Å². The molecule has 0 aromatic heterocycles. The standard InChI is InChI=1S/C9H9ClO2/c10-6-5-7-1-3-8(4-2-7)9(11)12/h1-4H,5-6H2,(H,11,12)/p-1. The van der Waals surface area contributed by atoms with Crippen LogP contribution in [0.4, 0.5) is 0 Å². The first-order valence-electron chi connectivity index (χ1n) is 3.60. The first-order valence-corrected chi connectivity index (χ1v) is 4.13. The zero-order chi connectivity index (χ0) is 8.97. The summed E-state index contributed by atoms with van der Waals surface area (Å²) in [5.74, 6) is -0.600. The van der Waals surface area contributed by atoms with E-state index < -0.39 is 5.97 Å². The summed E-state index contributed by atoms with van der Waals surface area (Å²) in [6.07, 6.45) is 0.759. The molecule has 0 fully saturated rings. The number of hydrogen-bond acceptors (Lipinski definition) is 2. The Bertz CT molecular complexity index is 266. The summed E-state index contributed by atoms with van der Waals surface area (Å²) in [4.78, 5) is 10.3. The minimum Gasteiger partial charge on any atom is -0.545 e. The molecule has 0 bridgehead atoms. The minimum atomic E-state index is -1.15. The van der Waals surface area contributed by atoms with Gasteiger partial charge in [0, 0.05) is 5.88 Å². The highest BCUT2D eigenvalue weighted by Crippen LogP contribution is 2.04. The van der Waals surface area contributed by atoms with Gasteiger partial charge in [-0.2, -0.15) is 0 Å². The highest BCUT2D eigenvalue weighted by Gasteiger charge is 1.93. The fourth-order valence-electron chi connectivity index (χ4n) is 0.917. The van der Waals surface area contributed by atoms with Crippen LogP contribution in [0.25, 0.3) is 0 Å². The predicted octanol–water partition coefficient (Wildman–Crippen LogP) is 0.831. The first kappa shape index (κ1) is 9.07. The van der Waals surface area contributed by atoms with Crippen molar-refractivity contribution >= 4 is 17.6 Å². The van der Waals surface area contributed by atoms with E-state index in [0.717, 1.165) is 12.0 Å². The summed E-state index contributed by atoms with van der Waals surface area (Å²) in [7, 11) is 0. The lowest BCUT2D eigenvalue weighted by Gasteiger charge is -2.02. The Balaban J connectivity index is 2.78. The number of halogens is 1. The maximum absolute atomic E-state index is 10.3. The SMILES string of the molecule is O=C([O-])c1ccc(CCCl)cc1.